The molecule has 0 aromatic carbocycles. The van der Waals surface area contributed by atoms with Gasteiger partial charge in [0.2, 0.25) is 5.91 Å². The number of likely N-dealkylation sites (tertiary alicyclic amines) is 1. The minimum Gasteiger partial charge on any atom is -0.356 e. The maximum atomic E-state index is 11.6. The van der Waals surface area contributed by atoms with Crippen LogP contribution in [0.25, 0.3) is 0 Å². The lowest BCUT2D eigenvalue weighted by molar-refractivity contribution is -0.121. The first-order chi connectivity index (χ1) is 8.29. The average Bonchev–Trinajstić information content (AvgIpc) is 2.55. The van der Waals surface area contributed by atoms with Crippen LogP contribution in [-0.4, -0.2) is 50.1 Å². The molecule has 0 radical (unpaired) electrons. The molecule has 2 unspecified atom stereocenters. The lowest BCUT2D eigenvalue weighted by Crippen LogP contribution is -2.45. The standard InChI is InChI=1S/C13H25N3O/c1-14-9-11-4-3-7-16(10-11)12-5-2-6-15-13(17)8-12/h11-12,14H,2-10H2,1H3,(H,15,17). The van der Waals surface area contributed by atoms with E-state index < -0.39 is 0 Å². The molecule has 0 aromatic heterocycles. The molecule has 1 amide bonds. The van der Waals surface area contributed by atoms with Crippen molar-refractivity contribution in [2.75, 3.05) is 33.2 Å². The molecular formula is C13H25N3O. The zero-order valence-corrected chi connectivity index (χ0v) is 10.9. The molecule has 0 saturated carbocycles. The summed E-state index contributed by atoms with van der Waals surface area (Å²) < 4.78 is 0. The van der Waals surface area contributed by atoms with Gasteiger partial charge in [-0.3, -0.25) is 9.69 Å². The highest BCUT2D eigenvalue weighted by Crippen LogP contribution is 2.22. The van der Waals surface area contributed by atoms with E-state index in [1.165, 1.54) is 32.4 Å². The van der Waals surface area contributed by atoms with Gasteiger partial charge in [-0.2, -0.15) is 0 Å². The molecule has 2 N–H and O–H groups in total. The van der Waals surface area contributed by atoms with E-state index >= 15 is 0 Å². The van der Waals surface area contributed by atoms with Crippen LogP contribution in [0.1, 0.15) is 32.1 Å². The van der Waals surface area contributed by atoms with Crippen molar-refractivity contribution in [2.45, 2.75) is 38.1 Å². The van der Waals surface area contributed by atoms with E-state index in [9.17, 15) is 4.79 Å². The van der Waals surface area contributed by atoms with E-state index in [2.05, 4.69) is 15.5 Å². The fourth-order valence-corrected chi connectivity index (χ4v) is 3.15. The fourth-order valence-electron chi connectivity index (χ4n) is 3.15. The van der Waals surface area contributed by atoms with Crippen molar-refractivity contribution in [2.24, 2.45) is 5.92 Å². The zero-order valence-electron chi connectivity index (χ0n) is 10.9. The summed E-state index contributed by atoms with van der Waals surface area (Å²) >= 11 is 0. The summed E-state index contributed by atoms with van der Waals surface area (Å²) in [6.45, 7) is 4.31. The van der Waals surface area contributed by atoms with Crippen molar-refractivity contribution in [1.82, 2.24) is 15.5 Å². The van der Waals surface area contributed by atoms with Gasteiger partial charge in [-0.25, -0.2) is 0 Å². The molecule has 17 heavy (non-hydrogen) atoms. The summed E-state index contributed by atoms with van der Waals surface area (Å²) in [5.74, 6) is 1.00. The van der Waals surface area contributed by atoms with Crippen LogP contribution in [0.15, 0.2) is 0 Å². The summed E-state index contributed by atoms with van der Waals surface area (Å²) in [6, 6.07) is 0.483. The minimum absolute atomic E-state index is 0.239. The molecule has 2 saturated heterocycles. The third-order valence-electron chi connectivity index (χ3n) is 4.02. The van der Waals surface area contributed by atoms with E-state index in [4.69, 9.17) is 0 Å². The van der Waals surface area contributed by atoms with Gasteiger partial charge in [0.15, 0.2) is 0 Å². The fraction of sp³-hybridized carbons (Fsp3) is 0.923. The first-order valence-corrected chi connectivity index (χ1v) is 6.95. The largest absolute Gasteiger partial charge is 0.356 e. The van der Waals surface area contributed by atoms with Crippen molar-refractivity contribution < 1.29 is 4.79 Å². The number of rotatable bonds is 3. The van der Waals surface area contributed by atoms with E-state index in [1.54, 1.807) is 0 Å². The first kappa shape index (κ1) is 12.8. The van der Waals surface area contributed by atoms with Gasteiger partial charge in [0.1, 0.15) is 0 Å². The highest BCUT2D eigenvalue weighted by molar-refractivity contribution is 5.76. The lowest BCUT2D eigenvalue weighted by atomic mass is 9.95. The van der Waals surface area contributed by atoms with Crippen LogP contribution in [0.3, 0.4) is 0 Å². The van der Waals surface area contributed by atoms with Crippen LogP contribution >= 0.6 is 0 Å². The Kier molecular flexibility index (Phi) is 4.80. The van der Waals surface area contributed by atoms with Crippen LogP contribution in [0.4, 0.5) is 0 Å². The number of piperidine rings is 1. The quantitative estimate of drug-likeness (QED) is 0.757. The van der Waals surface area contributed by atoms with E-state index in [0.29, 0.717) is 12.5 Å². The first-order valence-electron chi connectivity index (χ1n) is 6.95. The zero-order chi connectivity index (χ0) is 12.1. The van der Waals surface area contributed by atoms with E-state index in [-0.39, 0.29) is 5.91 Å². The molecule has 0 aromatic rings. The number of amides is 1. The molecule has 4 heteroatoms. The molecule has 0 aliphatic carbocycles. The summed E-state index contributed by atoms with van der Waals surface area (Å²) in [5, 5.41) is 6.25. The summed E-state index contributed by atoms with van der Waals surface area (Å²) in [7, 11) is 2.03. The molecule has 2 aliphatic heterocycles. The topological polar surface area (TPSA) is 44.4 Å². The third-order valence-corrected chi connectivity index (χ3v) is 4.02. The van der Waals surface area contributed by atoms with Gasteiger partial charge in [-0.1, -0.05) is 0 Å². The second-order valence-corrected chi connectivity index (χ2v) is 5.41. The van der Waals surface area contributed by atoms with Gasteiger partial charge in [-0.15, -0.1) is 0 Å². The van der Waals surface area contributed by atoms with Crippen molar-refractivity contribution in [1.29, 1.82) is 0 Å². The molecule has 2 atom stereocenters. The van der Waals surface area contributed by atoms with E-state index in [1.807, 2.05) is 7.05 Å². The Morgan fingerprint density at radius 1 is 1.41 bits per heavy atom. The SMILES string of the molecule is CNCC1CCCN(C2CCCNC(=O)C2)C1. The second kappa shape index (κ2) is 6.36. The number of carbonyl (C=O) groups excluding carboxylic acids is 1. The van der Waals surface area contributed by atoms with Gasteiger partial charge in [0, 0.05) is 25.6 Å². The minimum atomic E-state index is 0.239. The maximum absolute atomic E-state index is 11.6. The van der Waals surface area contributed by atoms with Gasteiger partial charge in [-0.05, 0) is 51.7 Å². The number of hydrogen-bond acceptors (Lipinski definition) is 3. The van der Waals surface area contributed by atoms with Gasteiger partial charge >= 0.3 is 0 Å². The Labute approximate surface area is 104 Å². The Bertz CT molecular complexity index is 255. The summed E-state index contributed by atoms with van der Waals surface area (Å²) in [6.07, 6.45) is 5.61. The van der Waals surface area contributed by atoms with Crippen molar-refractivity contribution in [3.8, 4) is 0 Å². The Morgan fingerprint density at radius 2 is 2.29 bits per heavy atom. The Balaban J connectivity index is 1.88. The number of hydrogen-bond donors (Lipinski definition) is 2. The van der Waals surface area contributed by atoms with Gasteiger partial charge in [0.05, 0.1) is 0 Å². The summed E-state index contributed by atoms with van der Waals surface area (Å²) in [4.78, 5) is 14.1. The molecule has 2 heterocycles. The predicted octanol–water partition coefficient (Wildman–Crippen LogP) is 0.587. The van der Waals surface area contributed by atoms with Crippen LogP contribution in [0.2, 0.25) is 0 Å². The second-order valence-electron chi connectivity index (χ2n) is 5.41. The average molecular weight is 239 g/mol. The normalized spacial score (nSPS) is 31.9. The van der Waals surface area contributed by atoms with Crippen LogP contribution in [0.5, 0.6) is 0 Å². The highest BCUT2D eigenvalue weighted by atomic mass is 16.1. The molecule has 2 aliphatic rings. The smallest absolute Gasteiger partial charge is 0.221 e. The highest BCUT2D eigenvalue weighted by Gasteiger charge is 2.27. The Hall–Kier alpha value is -0.610. The van der Waals surface area contributed by atoms with Gasteiger partial charge in [0.25, 0.3) is 0 Å². The van der Waals surface area contributed by atoms with E-state index in [0.717, 1.165) is 25.4 Å². The van der Waals surface area contributed by atoms with Crippen molar-refractivity contribution in [3.05, 3.63) is 0 Å². The van der Waals surface area contributed by atoms with Crippen molar-refractivity contribution in [3.63, 3.8) is 0 Å². The molecule has 2 rings (SSSR count). The molecule has 4 nitrogen and oxygen atoms in total. The molecule has 2 fully saturated rings. The number of carbonyl (C=O) groups is 1. The lowest BCUT2D eigenvalue weighted by Gasteiger charge is -2.37. The van der Waals surface area contributed by atoms with Gasteiger partial charge < -0.3 is 10.6 Å². The number of nitrogens with one attached hydrogen (secondary N) is 2. The van der Waals surface area contributed by atoms with Crippen LogP contribution < -0.4 is 10.6 Å². The molecule has 0 spiro atoms. The maximum Gasteiger partial charge on any atom is 0.221 e. The van der Waals surface area contributed by atoms with Crippen LogP contribution in [0, 0.1) is 5.92 Å². The number of nitrogens with zero attached hydrogens (tertiary/aromatic N) is 1. The summed E-state index contributed by atoms with van der Waals surface area (Å²) in [5.41, 5.74) is 0. The molecular weight excluding hydrogens is 214 g/mol. The monoisotopic (exact) mass is 239 g/mol. The molecule has 98 valence electrons. The third kappa shape index (κ3) is 3.68. The van der Waals surface area contributed by atoms with Crippen molar-refractivity contribution >= 4 is 5.91 Å². The molecule has 0 bridgehead atoms. The Morgan fingerprint density at radius 3 is 3.12 bits per heavy atom. The van der Waals surface area contributed by atoms with Crippen LogP contribution in [-0.2, 0) is 4.79 Å². The predicted molar refractivity (Wildman–Crippen MR) is 68.9 cm³/mol.